The van der Waals surface area contributed by atoms with Crippen LogP contribution in [0.3, 0.4) is 0 Å². The van der Waals surface area contributed by atoms with Crippen molar-refractivity contribution in [2.24, 2.45) is 23.7 Å². The Labute approximate surface area is 99.4 Å². The quantitative estimate of drug-likeness (QED) is 0.802. The van der Waals surface area contributed by atoms with E-state index in [1.54, 1.807) is 0 Å². The molecule has 0 bridgehead atoms. The molecule has 2 nitrogen and oxygen atoms in total. The second kappa shape index (κ2) is 5.50. The molecule has 0 amide bonds. The summed E-state index contributed by atoms with van der Waals surface area (Å²) in [6.07, 6.45) is 5.81. The van der Waals surface area contributed by atoms with Gasteiger partial charge in [-0.2, -0.15) is 0 Å². The molecule has 1 N–H and O–H groups in total. The molecule has 2 fully saturated rings. The van der Waals surface area contributed by atoms with Gasteiger partial charge in [0, 0.05) is 13.2 Å². The lowest BCUT2D eigenvalue weighted by Crippen LogP contribution is -2.32. The van der Waals surface area contributed by atoms with Crippen LogP contribution in [0.4, 0.5) is 0 Å². The van der Waals surface area contributed by atoms with E-state index in [4.69, 9.17) is 4.74 Å². The van der Waals surface area contributed by atoms with E-state index in [0.717, 1.165) is 31.5 Å². The Bertz CT molecular complexity index is 207. The molecule has 0 aromatic carbocycles. The van der Waals surface area contributed by atoms with Gasteiger partial charge in [0.1, 0.15) is 0 Å². The monoisotopic (exact) mass is 226 g/mol. The molecular formula is C14H26O2. The summed E-state index contributed by atoms with van der Waals surface area (Å²) < 4.78 is 5.43. The third-order valence-electron chi connectivity index (χ3n) is 4.59. The highest BCUT2D eigenvalue weighted by Gasteiger charge is 2.32. The molecular weight excluding hydrogens is 200 g/mol. The highest BCUT2D eigenvalue weighted by atomic mass is 16.5. The fraction of sp³-hybridized carbons (Fsp3) is 1.00. The van der Waals surface area contributed by atoms with E-state index in [-0.39, 0.29) is 6.10 Å². The first-order valence-corrected chi connectivity index (χ1v) is 6.92. The molecule has 0 spiro atoms. The number of ether oxygens (including phenoxy) is 1. The fourth-order valence-electron chi connectivity index (χ4n) is 3.34. The van der Waals surface area contributed by atoms with Crippen LogP contribution >= 0.6 is 0 Å². The van der Waals surface area contributed by atoms with Crippen molar-refractivity contribution < 1.29 is 9.84 Å². The van der Waals surface area contributed by atoms with Gasteiger partial charge in [-0.15, -0.1) is 0 Å². The molecule has 1 heterocycles. The van der Waals surface area contributed by atoms with Crippen LogP contribution in [0.5, 0.6) is 0 Å². The lowest BCUT2D eigenvalue weighted by molar-refractivity contribution is 0.0245. The summed E-state index contributed by atoms with van der Waals surface area (Å²) in [5, 5.41) is 10.1. The minimum atomic E-state index is -0.0457. The highest BCUT2D eigenvalue weighted by molar-refractivity contribution is 4.83. The van der Waals surface area contributed by atoms with Crippen molar-refractivity contribution >= 4 is 0 Å². The van der Waals surface area contributed by atoms with Crippen molar-refractivity contribution in [2.75, 3.05) is 13.2 Å². The van der Waals surface area contributed by atoms with Crippen LogP contribution in [0, 0.1) is 23.7 Å². The molecule has 2 rings (SSSR count). The Balaban J connectivity index is 1.85. The van der Waals surface area contributed by atoms with Gasteiger partial charge < -0.3 is 9.84 Å². The number of rotatable bonds is 3. The van der Waals surface area contributed by atoms with E-state index in [0.29, 0.717) is 11.8 Å². The number of hydrogen-bond donors (Lipinski definition) is 1. The maximum absolute atomic E-state index is 10.1. The molecule has 1 aliphatic carbocycles. The summed E-state index contributed by atoms with van der Waals surface area (Å²) in [6.45, 7) is 6.49. The van der Waals surface area contributed by atoms with Gasteiger partial charge in [-0.05, 0) is 55.8 Å². The van der Waals surface area contributed by atoms with Crippen molar-refractivity contribution in [3.8, 4) is 0 Å². The normalized spacial score (nSPS) is 40.5. The van der Waals surface area contributed by atoms with Gasteiger partial charge in [-0.3, -0.25) is 0 Å². The summed E-state index contributed by atoms with van der Waals surface area (Å²) in [5.41, 5.74) is 0. The second-order valence-electron chi connectivity index (χ2n) is 6.11. The lowest BCUT2D eigenvalue weighted by Gasteiger charge is -2.36. The van der Waals surface area contributed by atoms with Crippen molar-refractivity contribution in [3.63, 3.8) is 0 Å². The zero-order chi connectivity index (χ0) is 11.5. The first-order valence-electron chi connectivity index (χ1n) is 6.92. The Morgan fingerprint density at radius 3 is 2.69 bits per heavy atom. The molecule has 1 saturated carbocycles. The lowest BCUT2D eigenvalue weighted by atomic mass is 9.72. The maximum Gasteiger partial charge on any atom is 0.0568 e. The van der Waals surface area contributed by atoms with Gasteiger partial charge in [-0.1, -0.05) is 13.8 Å². The fourth-order valence-corrected chi connectivity index (χ4v) is 3.34. The Morgan fingerprint density at radius 2 is 2.06 bits per heavy atom. The van der Waals surface area contributed by atoms with Gasteiger partial charge in [0.15, 0.2) is 0 Å². The van der Waals surface area contributed by atoms with Crippen LogP contribution in [0.2, 0.25) is 0 Å². The van der Waals surface area contributed by atoms with Crippen LogP contribution in [-0.4, -0.2) is 24.4 Å². The predicted molar refractivity (Wildman–Crippen MR) is 65.2 cm³/mol. The van der Waals surface area contributed by atoms with E-state index < -0.39 is 0 Å². The molecule has 1 aliphatic heterocycles. The first-order chi connectivity index (χ1) is 7.66. The Hall–Kier alpha value is -0.0800. The minimum absolute atomic E-state index is 0.0457. The highest BCUT2D eigenvalue weighted by Crippen LogP contribution is 2.38. The molecule has 16 heavy (non-hydrogen) atoms. The van der Waals surface area contributed by atoms with Crippen LogP contribution < -0.4 is 0 Å². The average Bonchev–Trinajstić information content (AvgIpc) is 2.73. The molecule has 4 unspecified atom stereocenters. The topological polar surface area (TPSA) is 29.5 Å². The number of aliphatic hydroxyl groups excluding tert-OH is 1. The smallest absolute Gasteiger partial charge is 0.0568 e. The van der Waals surface area contributed by atoms with Crippen molar-refractivity contribution in [2.45, 2.75) is 52.1 Å². The third-order valence-corrected chi connectivity index (χ3v) is 4.59. The van der Waals surface area contributed by atoms with Gasteiger partial charge in [-0.25, -0.2) is 0 Å². The van der Waals surface area contributed by atoms with Crippen molar-refractivity contribution in [1.82, 2.24) is 0 Å². The molecule has 2 aliphatic rings. The molecule has 4 atom stereocenters. The van der Waals surface area contributed by atoms with E-state index in [1.807, 2.05) is 0 Å². The Morgan fingerprint density at radius 1 is 1.25 bits per heavy atom. The van der Waals surface area contributed by atoms with Crippen LogP contribution in [0.15, 0.2) is 0 Å². The summed E-state index contributed by atoms with van der Waals surface area (Å²) in [5.74, 6) is 2.85. The largest absolute Gasteiger partial charge is 0.393 e. The van der Waals surface area contributed by atoms with E-state index >= 15 is 0 Å². The van der Waals surface area contributed by atoms with Crippen LogP contribution in [0.25, 0.3) is 0 Å². The molecule has 2 heteroatoms. The van der Waals surface area contributed by atoms with Crippen molar-refractivity contribution in [3.05, 3.63) is 0 Å². The zero-order valence-electron chi connectivity index (χ0n) is 10.7. The molecule has 1 saturated heterocycles. The number of aliphatic hydroxyl groups is 1. The minimum Gasteiger partial charge on any atom is -0.393 e. The van der Waals surface area contributed by atoms with Gasteiger partial charge >= 0.3 is 0 Å². The summed E-state index contributed by atoms with van der Waals surface area (Å²) >= 11 is 0. The van der Waals surface area contributed by atoms with Gasteiger partial charge in [0.05, 0.1) is 6.10 Å². The van der Waals surface area contributed by atoms with Crippen molar-refractivity contribution in [1.29, 1.82) is 0 Å². The number of hydrogen-bond acceptors (Lipinski definition) is 2. The zero-order valence-corrected chi connectivity index (χ0v) is 10.7. The SMILES string of the molecule is CC(C)C1CCC(O)C(CC2CCOC2)C1. The van der Waals surface area contributed by atoms with Crippen LogP contribution in [0.1, 0.15) is 46.0 Å². The first kappa shape index (κ1) is 12.4. The molecule has 94 valence electrons. The molecule has 0 radical (unpaired) electrons. The summed E-state index contributed by atoms with van der Waals surface area (Å²) in [7, 11) is 0. The van der Waals surface area contributed by atoms with E-state index in [1.165, 1.54) is 25.7 Å². The van der Waals surface area contributed by atoms with E-state index in [9.17, 15) is 5.11 Å². The predicted octanol–water partition coefficient (Wildman–Crippen LogP) is 2.85. The third kappa shape index (κ3) is 2.98. The second-order valence-corrected chi connectivity index (χ2v) is 6.11. The Kier molecular flexibility index (Phi) is 4.26. The average molecular weight is 226 g/mol. The van der Waals surface area contributed by atoms with Gasteiger partial charge in [0.2, 0.25) is 0 Å². The molecule has 0 aromatic heterocycles. The summed E-state index contributed by atoms with van der Waals surface area (Å²) in [6, 6.07) is 0. The van der Waals surface area contributed by atoms with Gasteiger partial charge in [0.25, 0.3) is 0 Å². The van der Waals surface area contributed by atoms with E-state index in [2.05, 4.69) is 13.8 Å². The molecule has 0 aromatic rings. The standard InChI is InChI=1S/C14H26O2/c1-10(2)12-3-4-14(15)13(8-12)7-11-5-6-16-9-11/h10-15H,3-9H2,1-2H3. The maximum atomic E-state index is 10.1. The summed E-state index contributed by atoms with van der Waals surface area (Å²) in [4.78, 5) is 0. The van der Waals surface area contributed by atoms with Crippen LogP contribution in [-0.2, 0) is 4.74 Å².